The number of benzene rings is 2. The number of carbonyl (C=O) groups excluding carboxylic acids is 2. The summed E-state index contributed by atoms with van der Waals surface area (Å²) in [6.45, 7) is 11.1. The molecule has 0 unspecified atom stereocenters. The topological polar surface area (TPSA) is 79.3 Å². The number of nitrogens with one attached hydrogen (secondary N) is 2. The second kappa shape index (κ2) is 10.4. The lowest BCUT2D eigenvalue weighted by molar-refractivity contribution is -0.118. The normalized spacial score (nSPS) is 16.3. The first-order valence-corrected chi connectivity index (χ1v) is 12.2. The Morgan fingerprint density at radius 1 is 1.18 bits per heavy atom. The number of likely N-dealkylation sites (N-methyl/N-ethyl adjacent to an activating group) is 1. The molecule has 3 aromatic rings. The van der Waals surface area contributed by atoms with Gasteiger partial charge in [-0.2, -0.15) is 0 Å². The first-order valence-electron chi connectivity index (χ1n) is 12.2. The maximum absolute atomic E-state index is 13.5. The maximum Gasteiger partial charge on any atom is 0.253 e. The molecule has 2 aromatic carbocycles. The number of imidazole rings is 1. The molecule has 2 amide bonds. The van der Waals surface area contributed by atoms with E-state index in [0.29, 0.717) is 35.9 Å². The molecule has 1 saturated heterocycles. The Bertz CT molecular complexity index is 1170. The summed E-state index contributed by atoms with van der Waals surface area (Å²) in [5.74, 6) is 0.444. The number of hydrogen-bond donors (Lipinski definition) is 2. The Morgan fingerprint density at radius 2 is 1.94 bits per heavy atom. The van der Waals surface area contributed by atoms with Crippen molar-refractivity contribution in [3.8, 4) is 0 Å². The zero-order chi connectivity index (χ0) is 24.2. The Labute approximate surface area is 201 Å². The SMILES string of the molecule is CCN1CCC[C@H]1CNC(=O)c1cc(NC(=O)C(C)C)cc2nc(C)n(Cc3ccccc3)c12. The van der Waals surface area contributed by atoms with Gasteiger partial charge in [0.15, 0.2) is 0 Å². The van der Waals surface area contributed by atoms with E-state index in [0.717, 1.165) is 36.4 Å². The van der Waals surface area contributed by atoms with Crippen LogP contribution in [0.15, 0.2) is 42.5 Å². The van der Waals surface area contributed by atoms with Crippen molar-refractivity contribution in [3.05, 3.63) is 59.4 Å². The van der Waals surface area contributed by atoms with Gasteiger partial charge in [-0.15, -0.1) is 0 Å². The van der Waals surface area contributed by atoms with E-state index in [1.54, 1.807) is 6.07 Å². The first kappa shape index (κ1) is 24.0. The number of amides is 2. The number of hydrogen-bond acceptors (Lipinski definition) is 4. The zero-order valence-corrected chi connectivity index (χ0v) is 20.6. The molecule has 0 saturated carbocycles. The van der Waals surface area contributed by atoms with Gasteiger partial charge in [-0.1, -0.05) is 51.1 Å². The van der Waals surface area contributed by atoms with E-state index in [1.807, 2.05) is 45.0 Å². The number of nitrogens with zero attached hydrogens (tertiary/aromatic N) is 3. The molecule has 2 heterocycles. The van der Waals surface area contributed by atoms with Crippen molar-refractivity contribution in [3.63, 3.8) is 0 Å². The summed E-state index contributed by atoms with van der Waals surface area (Å²) < 4.78 is 2.08. The van der Waals surface area contributed by atoms with Crippen LogP contribution in [-0.4, -0.2) is 51.9 Å². The molecule has 4 rings (SSSR count). The highest BCUT2D eigenvalue weighted by molar-refractivity contribution is 6.07. The third kappa shape index (κ3) is 5.14. The number of aromatic nitrogens is 2. The maximum atomic E-state index is 13.5. The van der Waals surface area contributed by atoms with Gasteiger partial charge in [0, 0.05) is 30.7 Å². The monoisotopic (exact) mass is 461 g/mol. The van der Waals surface area contributed by atoms with Crippen LogP contribution in [0.5, 0.6) is 0 Å². The molecule has 1 aliphatic heterocycles. The van der Waals surface area contributed by atoms with Gasteiger partial charge >= 0.3 is 0 Å². The predicted octanol–water partition coefficient (Wildman–Crippen LogP) is 4.20. The van der Waals surface area contributed by atoms with Crippen LogP contribution >= 0.6 is 0 Å². The second-order valence-corrected chi connectivity index (χ2v) is 9.40. The largest absolute Gasteiger partial charge is 0.350 e. The van der Waals surface area contributed by atoms with Crippen molar-refractivity contribution < 1.29 is 9.59 Å². The minimum atomic E-state index is -0.159. The third-order valence-electron chi connectivity index (χ3n) is 6.66. The van der Waals surface area contributed by atoms with E-state index >= 15 is 0 Å². The summed E-state index contributed by atoms with van der Waals surface area (Å²) in [6.07, 6.45) is 2.26. The lowest BCUT2D eigenvalue weighted by Crippen LogP contribution is -2.40. The van der Waals surface area contributed by atoms with Crippen molar-refractivity contribution in [2.75, 3.05) is 25.0 Å². The smallest absolute Gasteiger partial charge is 0.253 e. The number of anilines is 1. The number of rotatable bonds is 8. The molecule has 1 aliphatic rings. The van der Waals surface area contributed by atoms with Gasteiger partial charge in [0.05, 0.1) is 16.6 Å². The molecule has 0 spiro atoms. The fourth-order valence-electron chi connectivity index (χ4n) is 4.72. The van der Waals surface area contributed by atoms with Crippen molar-refractivity contribution in [2.45, 2.75) is 53.1 Å². The molecule has 1 atom stereocenters. The highest BCUT2D eigenvalue weighted by Crippen LogP contribution is 2.27. The van der Waals surface area contributed by atoms with E-state index in [-0.39, 0.29) is 17.7 Å². The highest BCUT2D eigenvalue weighted by atomic mass is 16.2. The first-order chi connectivity index (χ1) is 16.4. The van der Waals surface area contributed by atoms with E-state index < -0.39 is 0 Å². The lowest BCUT2D eigenvalue weighted by Gasteiger charge is -2.23. The summed E-state index contributed by atoms with van der Waals surface area (Å²) in [4.78, 5) is 33.0. The number of carbonyl (C=O) groups is 2. The quantitative estimate of drug-likeness (QED) is 0.527. The van der Waals surface area contributed by atoms with Gasteiger partial charge in [-0.25, -0.2) is 4.98 Å². The van der Waals surface area contributed by atoms with E-state index in [1.165, 1.54) is 6.42 Å². The van der Waals surface area contributed by atoms with Crippen molar-refractivity contribution >= 4 is 28.5 Å². The highest BCUT2D eigenvalue weighted by Gasteiger charge is 2.25. The van der Waals surface area contributed by atoms with Crippen molar-refractivity contribution in [2.24, 2.45) is 5.92 Å². The van der Waals surface area contributed by atoms with Crippen LogP contribution in [0.4, 0.5) is 5.69 Å². The predicted molar refractivity (Wildman–Crippen MR) is 136 cm³/mol. The van der Waals surface area contributed by atoms with Crippen LogP contribution in [0.25, 0.3) is 11.0 Å². The number of aryl methyl sites for hydroxylation is 1. The molecule has 0 bridgehead atoms. The fraction of sp³-hybridized carbons (Fsp3) is 0.444. The van der Waals surface area contributed by atoms with Gasteiger partial charge < -0.3 is 15.2 Å². The number of likely N-dealkylation sites (tertiary alicyclic amines) is 1. The molecule has 0 radical (unpaired) electrons. The Morgan fingerprint density at radius 3 is 2.65 bits per heavy atom. The Balaban J connectivity index is 1.71. The van der Waals surface area contributed by atoms with Gasteiger partial charge in [0.1, 0.15) is 5.82 Å². The molecular formula is C27H35N5O2. The molecular weight excluding hydrogens is 426 g/mol. The second-order valence-electron chi connectivity index (χ2n) is 9.40. The van der Waals surface area contributed by atoms with Crippen LogP contribution in [0.1, 0.15) is 55.4 Å². The molecule has 34 heavy (non-hydrogen) atoms. The minimum absolute atomic E-state index is 0.0873. The Kier molecular flexibility index (Phi) is 7.32. The fourth-order valence-corrected chi connectivity index (χ4v) is 4.72. The van der Waals surface area contributed by atoms with Crippen LogP contribution in [-0.2, 0) is 11.3 Å². The third-order valence-corrected chi connectivity index (χ3v) is 6.66. The van der Waals surface area contributed by atoms with Crippen LogP contribution < -0.4 is 10.6 Å². The minimum Gasteiger partial charge on any atom is -0.350 e. The number of fused-ring (bicyclic) bond motifs is 1. The van der Waals surface area contributed by atoms with Crippen LogP contribution in [0.2, 0.25) is 0 Å². The molecule has 2 N–H and O–H groups in total. The lowest BCUT2D eigenvalue weighted by atomic mass is 10.1. The van der Waals surface area contributed by atoms with Gasteiger partial charge in [0.2, 0.25) is 5.91 Å². The molecule has 1 fully saturated rings. The summed E-state index contributed by atoms with van der Waals surface area (Å²) in [5, 5.41) is 6.11. The van der Waals surface area contributed by atoms with Crippen molar-refractivity contribution in [1.29, 1.82) is 0 Å². The average molecular weight is 462 g/mol. The molecule has 180 valence electrons. The summed E-state index contributed by atoms with van der Waals surface area (Å²) in [5.41, 5.74) is 3.76. The molecule has 0 aliphatic carbocycles. The van der Waals surface area contributed by atoms with E-state index in [2.05, 4.69) is 39.2 Å². The van der Waals surface area contributed by atoms with Crippen molar-refractivity contribution in [1.82, 2.24) is 19.8 Å². The molecule has 1 aromatic heterocycles. The summed E-state index contributed by atoms with van der Waals surface area (Å²) in [7, 11) is 0. The van der Waals surface area contributed by atoms with Crippen LogP contribution in [0, 0.1) is 12.8 Å². The zero-order valence-electron chi connectivity index (χ0n) is 20.6. The van der Waals surface area contributed by atoms with Gasteiger partial charge in [-0.05, 0) is 50.6 Å². The van der Waals surface area contributed by atoms with E-state index in [4.69, 9.17) is 4.98 Å². The van der Waals surface area contributed by atoms with E-state index in [9.17, 15) is 9.59 Å². The standard InChI is InChI=1S/C27H35N5O2/c1-5-31-13-9-12-22(31)16-28-27(34)23-14-21(30-26(33)18(2)3)15-24-25(23)32(19(4)29-24)17-20-10-7-6-8-11-20/h6-8,10-11,14-15,18,22H,5,9,12-13,16-17H2,1-4H3,(H,28,34)(H,30,33)/t22-/m0/s1. The van der Waals surface area contributed by atoms with Gasteiger partial charge in [-0.3, -0.25) is 14.5 Å². The van der Waals surface area contributed by atoms with Gasteiger partial charge in [0.25, 0.3) is 5.91 Å². The van der Waals surface area contributed by atoms with Crippen LogP contribution in [0.3, 0.4) is 0 Å². The molecule has 7 heteroatoms. The Hall–Kier alpha value is -3.19. The average Bonchev–Trinajstić information content (AvgIpc) is 3.41. The summed E-state index contributed by atoms with van der Waals surface area (Å²) in [6, 6.07) is 14.2. The summed E-state index contributed by atoms with van der Waals surface area (Å²) >= 11 is 0. The molecule has 7 nitrogen and oxygen atoms in total.